The molecule has 1 fully saturated rings. The number of rotatable bonds is 9. The van der Waals surface area contributed by atoms with Crippen molar-refractivity contribution in [2.24, 2.45) is 0 Å². The maximum Gasteiger partial charge on any atom is 0.303 e. The molecule has 4 N–H and O–H groups in total. The first-order valence-electron chi connectivity index (χ1n) is 14.4. The van der Waals surface area contributed by atoms with Crippen LogP contribution in [0.15, 0.2) is 72.8 Å². The number of aromatic hydroxyl groups is 1. The largest absolute Gasteiger partial charge is 0.504 e. The molecule has 232 valence electrons. The number of phenolic OH excluding ortho intramolecular Hbond substituents is 1. The zero-order valence-electron chi connectivity index (χ0n) is 24.9. The first-order chi connectivity index (χ1) is 22.3. The highest BCUT2D eigenvalue weighted by molar-refractivity contribution is 5.94. The van der Waals surface area contributed by atoms with Gasteiger partial charge in [-0.3, -0.25) is 10.0 Å². The lowest BCUT2D eigenvalue weighted by molar-refractivity contribution is -0.126. The molecular weight excluding hydrogens is 589 g/mol. The molecule has 1 amide bonds. The molecular formula is C34H30FN7O4. The van der Waals surface area contributed by atoms with Gasteiger partial charge in [-0.15, -0.1) is 0 Å². The number of hydrogen-bond acceptors (Lipinski definition) is 10. The third-order valence-corrected chi connectivity index (χ3v) is 7.81. The van der Waals surface area contributed by atoms with Gasteiger partial charge in [0, 0.05) is 54.8 Å². The van der Waals surface area contributed by atoms with Gasteiger partial charge in [0.15, 0.2) is 17.3 Å². The molecule has 0 bridgehead atoms. The molecule has 0 radical (unpaired) electrons. The van der Waals surface area contributed by atoms with E-state index in [0.717, 1.165) is 24.5 Å². The molecule has 46 heavy (non-hydrogen) atoms. The number of hydroxylamine groups is 1. The minimum Gasteiger partial charge on any atom is -0.504 e. The summed E-state index contributed by atoms with van der Waals surface area (Å²) in [6.07, 6.45) is 5.90. The number of piperidine rings is 1. The fourth-order valence-corrected chi connectivity index (χ4v) is 5.39. The van der Waals surface area contributed by atoms with E-state index in [1.54, 1.807) is 54.9 Å². The molecule has 1 saturated heterocycles. The van der Waals surface area contributed by atoms with Gasteiger partial charge in [0.2, 0.25) is 0 Å². The third kappa shape index (κ3) is 6.94. The number of nitrogens with one attached hydrogen (secondary N) is 2. The third-order valence-electron chi connectivity index (χ3n) is 7.81. The number of phenols is 1. The van der Waals surface area contributed by atoms with E-state index in [2.05, 4.69) is 21.3 Å². The maximum atomic E-state index is 13.7. The number of carbonyl (C=O) groups is 1. The van der Waals surface area contributed by atoms with Crippen LogP contribution >= 0.6 is 0 Å². The Bertz CT molecular complexity index is 1840. The van der Waals surface area contributed by atoms with Gasteiger partial charge in [0.1, 0.15) is 29.2 Å². The van der Waals surface area contributed by atoms with Crippen LogP contribution in [-0.2, 0) is 11.3 Å². The van der Waals surface area contributed by atoms with Crippen molar-refractivity contribution >= 4 is 17.8 Å². The summed E-state index contributed by atoms with van der Waals surface area (Å²) in [6.45, 7) is 1.90. The average Bonchev–Trinajstić information content (AvgIpc) is 3.10. The van der Waals surface area contributed by atoms with Gasteiger partial charge < -0.3 is 20.1 Å². The lowest BCUT2D eigenvalue weighted by Crippen LogP contribution is -2.42. The smallest absolute Gasteiger partial charge is 0.303 e. The topological polar surface area (TPSA) is 167 Å². The summed E-state index contributed by atoms with van der Waals surface area (Å²) in [4.78, 5) is 22.2. The highest BCUT2D eigenvalue weighted by Crippen LogP contribution is 2.40. The van der Waals surface area contributed by atoms with E-state index >= 15 is 0 Å². The van der Waals surface area contributed by atoms with E-state index in [1.165, 1.54) is 12.6 Å². The van der Waals surface area contributed by atoms with E-state index in [4.69, 9.17) is 14.9 Å². The van der Waals surface area contributed by atoms with Crippen LogP contribution in [0.2, 0.25) is 0 Å². The molecule has 12 heteroatoms. The number of carbonyl (C=O) groups excluding carboxylic acids is 1. The second kappa shape index (κ2) is 14.3. The second-order valence-corrected chi connectivity index (χ2v) is 10.6. The summed E-state index contributed by atoms with van der Waals surface area (Å²) in [5, 5.41) is 42.3. The van der Waals surface area contributed by atoms with Crippen LogP contribution in [0, 0.1) is 22.7 Å². The van der Waals surface area contributed by atoms with E-state index < -0.39 is 11.7 Å². The number of pyridine rings is 2. The van der Waals surface area contributed by atoms with Gasteiger partial charge >= 0.3 is 5.91 Å². The van der Waals surface area contributed by atoms with E-state index in [-0.39, 0.29) is 17.5 Å². The summed E-state index contributed by atoms with van der Waals surface area (Å²) in [5.41, 5.74) is 5.87. The standard InChI is InChI=1S/C34H30FN7O4/c1-46-31-9-7-23(15-30(31)43)28-20-40-33(27(17-37)32(28)24-6-8-26(16-36)39-19-24)42-12-10-25(11-13-42)38-18-22-4-2-21(3-5-22)14-29(35)34(44)41-45/h2-9,14-15,19-20,25,38,43,45H,10-13,18H2,1H3,(H,41,44)/b29-14+. The number of anilines is 1. The zero-order chi connectivity index (χ0) is 32.6. The molecule has 5 rings (SSSR count). The van der Waals surface area contributed by atoms with Gasteiger partial charge in [-0.05, 0) is 59.9 Å². The Morgan fingerprint density at radius 3 is 2.41 bits per heavy atom. The number of ether oxygens (including phenoxy) is 1. The summed E-state index contributed by atoms with van der Waals surface area (Å²) < 4.78 is 18.9. The molecule has 0 saturated carbocycles. The molecule has 11 nitrogen and oxygen atoms in total. The molecule has 0 unspecified atom stereocenters. The average molecular weight is 620 g/mol. The monoisotopic (exact) mass is 619 g/mol. The predicted octanol–water partition coefficient (Wildman–Crippen LogP) is 4.84. The van der Waals surface area contributed by atoms with E-state index in [1.807, 2.05) is 18.2 Å². The van der Waals surface area contributed by atoms with Gasteiger partial charge in [-0.2, -0.15) is 10.5 Å². The number of methoxy groups -OCH3 is 1. The fourth-order valence-electron chi connectivity index (χ4n) is 5.39. The Morgan fingerprint density at radius 1 is 1.07 bits per heavy atom. The number of nitriles is 2. The first-order valence-corrected chi connectivity index (χ1v) is 14.4. The SMILES string of the molecule is COc1ccc(-c2cnc(N3CCC(NCc4ccc(/C=C(/F)C(=O)NO)cc4)CC3)c(C#N)c2-c2ccc(C#N)nc2)cc1O. The van der Waals surface area contributed by atoms with Crippen molar-refractivity contribution in [3.8, 4) is 45.9 Å². The summed E-state index contributed by atoms with van der Waals surface area (Å²) in [6, 6.07) is 20.0. The van der Waals surface area contributed by atoms with Crippen LogP contribution in [0.5, 0.6) is 11.5 Å². The number of hydrogen-bond donors (Lipinski definition) is 4. The Hall–Kier alpha value is -5.82. The van der Waals surface area contributed by atoms with Crippen molar-refractivity contribution in [3.05, 3.63) is 95.2 Å². The number of nitrogens with zero attached hydrogens (tertiary/aromatic N) is 5. The molecule has 2 aromatic heterocycles. The second-order valence-electron chi connectivity index (χ2n) is 10.6. The summed E-state index contributed by atoms with van der Waals surface area (Å²) in [7, 11) is 1.47. The maximum absolute atomic E-state index is 13.7. The van der Waals surface area contributed by atoms with E-state index in [0.29, 0.717) is 64.6 Å². The number of aromatic nitrogens is 2. The van der Waals surface area contributed by atoms with E-state index in [9.17, 15) is 24.8 Å². The molecule has 0 spiro atoms. The Morgan fingerprint density at radius 2 is 1.80 bits per heavy atom. The first kappa shape index (κ1) is 31.6. The molecule has 0 atom stereocenters. The van der Waals surface area contributed by atoms with Crippen LogP contribution in [0.1, 0.15) is 35.2 Å². The van der Waals surface area contributed by atoms with Crippen LogP contribution < -0.4 is 20.4 Å². The van der Waals surface area contributed by atoms with Crippen molar-refractivity contribution in [3.63, 3.8) is 0 Å². The van der Waals surface area contributed by atoms with Crippen LogP contribution in [0.25, 0.3) is 28.3 Å². The van der Waals surface area contributed by atoms with Crippen molar-refractivity contribution in [1.82, 2.24) is 20.8 Å². The van der Waals surface area contributed by atoms with Crippen molar-refractivity contribution in [2.45, 2.75) is 25.4 Å². The van der Waals surface area contributed by atoms with Gasteiger partial charge in [-0.25, -0.2) is 19.8 Å². The minimum atomic E-state index is -1.20. The zero-order valence-corrected chi connectivity index (χ0v) is 24.9. The van der Waals surface area contributed by atoms with Gasteiger partial charge in [0.25, 0.3) is 0 Å². The summed E-state index contributed by atoms with van der Waals surface area (Å²) >= 11 is 0. The molecule has 0 aliphatic carbocycles. The number of benzene rings is 2. The van der Waals surface area contributed by atoms with Crippen molar-refractivity contribution < 1.29 is 24.2 Å². The number of halogens is 1. The molecule has 1 aliphatic rings. The molecule has 4 aromatic rings. The van der Waals surface area contributed by atoms with Gasteiger partial charge in [-0.1, -0.05) is 30.3 Å². The van der Waals surface area contributed by atoms with Crippen LogP contribution in [-0.4, -0.2) is 52.4 Å². The van der Waals surface area contributed by atoms with Crippen LogP contribution in [0.4, 0.5) is 10.2 Å². The number of amides is 1. The molecule has 3 heterocycles. The minimum absolute atomic E-state index is 0.0465. The normalized spacial score (nSPS) is 13.5. The van der Waals surface area contributed by atoms with Crippen molar-refractivity contribution in [1.29, 1.82) is 10.5 Å². The molecule has 1 aliphatic heterocycles. The van der Waals surface area contributed by atoms with Crippen molar-refractivity contribution in [2.75, 3.05) is 25.1 Å². The molecule has 2 aromatic carbocycles. The lowest BCUT2D eigenvalue weighted by atomic mass is 9.92. The predicted molar refractivity (Wildman–Crippen MR) is 168 cm³/mol. The Labute approximate surface area is 264 Å². The lowest BCUT2D eigenvalue weighted by Gasteiger charge is -2.34. The highest BCUT2D eigenvalue weighted by Gasteiger charge is 2.26. The Balaban J connectivity index is 1.34. The van der Waals surface area contributed by atoms with Gasteiger partial charge in [0.05, 0.1) is 7.11 Å². The Kier molecular flexibility index (Phi) is 9.83. The van der Waals surface area contributed by atoms with Crippen LogP contribution in [0.3, 0.4) is 0 Å². The summed E-state index contributed by atoms with van der Waals surface area (Å²) in [5.74, 6) is -1.47. The fraction of sp³-hybridized carbons (Fsp3) is 0.206. The highest BCUT2D eigenvalue weighted by atomic mass is 19.1. The quantitative estimate of drug-likeness (QED) is 0.116.